The first-order valence-electron chi connectivity index (χ1n) is 7.88. The minimum absolute atomic E-state index is 0.0976. The van der Waals surface area contributed by atoms with Crippen LogP contribution in [-0.4, -0.2) is 28.2 Å². The fourth-order valence-corrected chi connectivity index (χ4v) is 6.02. The van der Waals surface area contributed by atoms with E-state index in [1.54, 1.807) is 35.3 Å². The lowest BCUT2D eigenvalue weighted by molar-refractivity contribution is -0.453. The van der Waals surface area contributed by atoms with Crippen molar-refractivity contribution >= 4 is 51.3 Å². The first-order chi connectivity index (χ1) is 12.2. The monoisotopic (exact) mass is 385 g/mol. The fourth-order valence-electron chi connectivity index (χ4n) is 2.88. The number of para-hydroxylation sites is 1. The number of hydrogen-bond donors (Lipinski definition) is 0. The fraction of sp³-hybridized carbons (Fsp3) is 0.158. The van der Waals surface area contributed by atoms with E-state index in [1.807, 2.05) is 48.2 Å². The van der Waals surface area contributed by atoms with Gasteiger partial charge in [-0.15, -0.1) is 4.58 Å². The Morgan fingerprint density at radius 3 is 2.48 bits per heavy atom. The Morgan fingerprint density at radius 1 is 1.04 bits per heavy atom. The topological polar surface area (TPSA) is 23.3 Å². The number of anilines is 1. The van der Waals surface area contributed by atoms with E-state index in [-0.39, 0.29) is 5.91 Å². The van der Waals surface area contributed by atoms with E-state index in [9.17, 15) is 4.79 Å². The van der Waals surface area contributed by atoms with Crippen LogP contribution in [0.2, 0.25) is 0 Å². The second-order valence-corrected chi connectivity index (χ2v) is 8.80. The van der Waals surface area contributed by atoms with E-state index in [2.05, 4.69) is 29.2 Å². The van der Waals surface area contributed by atoms with Gasteiger partial charge in [0.15, 0.2) is 11.4 Å². The normalized spacial score (nSPS) is 19.8. The number of benzene rings is 2. The molecule has 0 aromatic heterocycles. The van der Waals surface area contributed by atoms with Crippen molar-refractivity contribution in [1.82, 2.24) is 0 Å². The van der Waals surface area contributed by atoms with Gasteiger partial charge in [-0.05, 0) is 18.4 Å². The van der Waals surface area contributed by atoms with Gasteiger partial charge in [0.2, 0.25) is 0 Å². The van der Waals surface area contributed by atoms with Crippen LogP contribution in [0.25, 0.3) is 0 Å². The number of thioether (sulfide) groups is 3. The molecule has 1 amide bonds. The van der Waals surface area contributed by atoms with Crippen LogP contribution < -0.4 is 4.90 Å². The summed E-state index contributed by atoms with van der Waals surface area (Å²) < 4.78 is 2.94. The number of carbonyl (C=O) groups excluding carboxylic acids is 1. The van der Waals surface area contributed by atoms with E-state index >= 15 is 0 Å². The maximum absolute atomic E-state index is 13.1. The summed E-state index contributed by atoms with van der Waals surface area (Å²) in [6.45, 7) is 0.612. The molecule has 0 spiro atoms. The molecule has 0 atom stereocenters. The van der Waals surface area contributed by atoms with Gasteiger partial charge in [0.25, 0.3) is 4.38 Å². The molecule has 0 radical (unpaired) electrons. The van der Waals surface area contributed by atoms with Crippen molar-refractivity contribution in [3.05, 3.63) is 70.1 Å². The Balaban J connectivity index is 1.68. The van der Waals surface area contributed by atoms with Gasteiger partial charge < -0.3 is 4.90 Å². The minimum Gasteiger partial charge on any atom is -0.337 e. The highest BCUT2D eigenvalue weighted by Crippen LogP contribution is 2.49. The summed E-state index contributed by atoms with van der Waals surface area (Å²) in [6.07, 6.45) is 2.03. The predicted octanol–water partition coefficient (Wildman–Crippen LogP) is 4.60. The van der Waals surface area contributed by atoms with E-state index in [0.29, 0.717) is 6.54 Å². The van der Waals surface area contributed by atoms with Gasteiger partial charge in [-0.25, -0.2) is 4.79 Å². The summed E-state index contributed by atoms with van der Waals surface area (Å²) in [4.78, 5) is 17.3. The first-order valence-corrected chi connectivity index (χ1v) is 10.7. The van der Waals surface area contributed by atoms with Gasteiger partial charge in [0.05, 0.1) is 5.69 Å². The third kappa shape index (κ3) is 3.03. The number of carbonyl (C=O) groups is 1. The van der Waals surface area contributed by atoms with E-state index in [1.165, 1.54) is 4.90 Å². The third-order valence-electron chi connectivity index (χ3n) is 4.14. The molecule has 0 aliphatic carbocycles. The molecule has 2 aliphatic rings. The van der Waals surface area contributed by atoms with Crippen molar-refractivity contribution < 1.29 is 9.37 Å². The second-order valence-electron chi connectivity index (χ2n) is 5.71. The third-order valence-corrected chi connectivity index (χ3v) is 7.79. The standard InChI is InChI=1S/C19H17N2OS3/c1-20-14-10-6-7-11-15(14)24-18(20)16-17(22)21(19(23-2)25-16)12-13-8-4-3-5-9-13/h3-11H,12H2,1-2H3/q+1/b18-16-. The zero-order chi connectivity index (χ0) is 17.4. The summed E-state index contributed by atoms with van der Waals surface area (Å²) in [5, 5.41) is 1.03. The molecular weight excluding hydrogens is 368 g/mol. The van der Waals surface area contributed by atoms with Crippen molar-refractivity contribution in [2.75, 3.05) is 18.2 Å². The van der Waals surface area contributed by atoms with Crippen molar-refractivity contribution in [3.63, 3.8) is 0 Å². The molecule has 3 nitrogen and oxygen atoms in total. The molecule has 0 saturated heterocycles. The molecule has 0 fully saturated rings. The Morgan fingerprint density at radius 2 is 1.76 bits per heavy atom. The lowest BCUT2D eigenvalue weighted by Gasteiger charge is -2.13. The summed E-state index contributed by atoms with van der Waals surface area (Å²) in [7, 11) is 2.04. The summed E-state index contributed by atoms with van der Waals surface area (Å²) in [6, 6.07) is 18.4. The number of amides is 1. The van der Waals surface area contributed by atoms with E-state index in [0.717, 1.165) is 25.6 Å². The maximum atomic E-state index is 13.1. The van der Waals surface area contributed by atoms with Crippen molar-refractivity contribution in [3.8, 4) is 0 Å². The zero-order valence-electron chi connectivity index (χ0n) is 13.9. The van der Waals surface area contributed by atoms with Gasteiger partial charge in [-0.1, -0.05) is 66.0 Å². The maximum Gasteiger partial charge on any atom is 0.430 e. The van der Waals surface area contributed by atoms with Crippen molar-refractivity contribution in [1.29, 1.82) is 0 Å². The number of rotatable bonds is 2. The molecular formula is C19H17N2OS3+. The Bertz CT molecular complexity index is 906. The Labute approximate surface area is 160 Å². The van der Waals surface area contributed by atoms with Gasteiger partial charge in [-0.2, -0.15) is 0 Å². The largest absolute Gasteiger partial charge is 0.430 e. The molecule has 2 aromatic rings. The van der Waals surface area contributed by atoms with Crippen LogP contribution >= 0.6 is 35.3 Å². The Hall–Kier alpha value is -1.63. The number of hydrogen-bond acceptors (Lipinski definition) is 5. The smallest absolute Gasteiger partial charge is 0.337 e. The van der Waals surface area contributed by atoms with E-state index in [4.69, 9.17) is 0 Å². The molecule has 0 N–H and O–H groups in total. The molecule has 0 unspecified atom stereocenters. The highest BCUT2D eigenvalue weighted by Gasteiger charge is 2.42. The van der Waals surface area contributed by atoms with Crippen LogP contribution in [-0.2, 0) is 11.3 Å². The summed E-state index contributed by atoms with van der Waals surface area (Å²) >= 11 is 4.91. The van der Waals surface area contributed by atoms with Crippen LogP contribution in [0.4, 0.5) is 5.69 Å². The average Bonchev–Trinajstić information content (AvgIpc) is 3.14. The van der Waals surface area contributed by atoms with Gasteiger partial charge in [0.1, 0.15) is 5.03 Å². The molecule has 2 aromatic carbocycles. The summed E-state index contributed by atoms with van der Waals surface area (Å²) in [5.74, 6) is 0.0976. The predicted molar refractivity (Wildman–Crippen MR) is 109 cm³/mol. The lowest BCUT2D eigenvalue weighted by Crippen LogP contribution is -2.21. The lowest BCUT2D eigenvalue weighted by atomic mass is 10.2. The summed E-state index contributed by atoms with van der Waals surface area (Å²) in [5.41, 5.74) is 2.31. The number of fused-ring (bicyclic) bond motifs is 1. The molecule has 25 heavy (non-hydrogen) atoms. The number of nitrogens with zero attached hydrogens (tertiary/aromatic N) is 2. The molecule has 6 heteroatoms. The first kappa shape index (κ1) is 16.8. The second kappa shape index (κ2) is 6.94. The zero-order valence-corrected chi connectivity index (χ0v) is 16.4. The molecule has 2 heterocycles. The Kier molecular flexibility index (Phi) is 4.67. The minimum atomic E-state index is 0.0976. The molecule has 0 saturated carbocycles. The van der Waals surface area contributed by atoms with Gasteiger partial charge in [0, 0.05) is 29.3 Å². The molecule has 126 valence electrons. The quantitative estimate of drug-likeness (QED) is 0.555. The van der Waals surface area contributed by atoms with Crippen LogP contribution in [0.15, 0.2) is 69.4 Å². The highest BCUT2D eigenvalue weighted by molar-refractivity contribution is 8.40. The van der Waals surface area contributed by atoms with Crippen molar-refractivity contribution in [2.45, 2.75) is 11.4 Å². The molecule has 2 aliphatic heterocycles. The average molecular weight is 386 g/mol. The van der Waals surface area contributed by atoms with Gasteiger partial charge in [-0.3, -0.25) is 0 Å². The van der Waals surface area contributed by atoms with Crippen molar-refractivity contribution in [2.24, 2.45) is 0 Å². The van der Waals surface area contributed by atoms with Gasteiger partial charge >= 0.3 is 5.91 Å². The highest BCUT2D eigenvalue weighted by atomic mass is 32.2. The van der Waals surface area contributed by atoms with Crippen LogP contribution in [0, 0.1) is 0 Å². The SMILES string of the molecule is CSC1=[N+](Cc2ccccc2)C(=O)/C(=C2/Sc3ccccc3N2C)S1. The molecule has 0 bridgehead atoms. The van der Waals surface area contributed by atoms with Crippen LogP contribution in [0.3, 0.4) is 0 Å². The van der Waals surface area contributed by atoms with Crippen LogP contribution in [0.1, 0.15) is 5.56 Å². The molecule has 4 rings (SSSR count). The van der Waals surface area contributed by atoms with E-state index < -0.39 is 0 Å². The van der Waals surface area contributed by atoms with Crippen LogP contribution in [0.5, 0.6) is 0 Å².